The normalized spacial score (nSPS) is 17.0. The van der Waals surface area contributed by atoms with Crippen LogP contribution in [0.2, 0.25) is 0 Å². The number of hydrogen-bond donors (Lipinski definition) is 1. The molecule has 2 aliphatic heterocycles. The summed E-state index contributed by atoms with van der Waals surface area (Å²) in [6.07, 6.45) is 1.53. The molecule has 0 unspecified atom stereocenters. The smallest absolute Gasteiger partial charge is 0.258 e. The van der Waals surface area contributed by atoms with Crippen LogP contribution in [0.1, 0.15) is 17.3 Å². The SMILES string of the molecule is CC(=O)N1CCN(c2ncc3c(=O)c(C(=O)NCCN4CCOCC4)c4sc5ccccc5n4c3n2)CC1. The van der Waals surface area contributed by atoms with Gasteiger partial charge in [-0.25, -0.2) is 4.98 Å². The molecule has 0 atom stereocenters. The van der Waals surface area contributed by atoms with Crippen LogP contribution in [0.5, 0.6) is 0 Å². The van der Waals surface area contributed by atoms with Gasteiger partial charge in [-0.15, -0.1) is 11.3 Å². The van der Waals surface area contributed by atoms with E-state index >= 15 is 0 Å². The average Bonchev–Trinajstić information content (AvgIpc) is 3.33. The molecule has 38 heavy (non-hydrogen) atoms. The van der Waals surface area contributed by atoms with E-state index in [0.29, 0.717) is 74.3 Å². The first-order valence-electron chi connectivity index (χ1n) is 12.8. The molecule has 5 heterocycles. The Morgan fingerprint density at radius 2 is 1.84 bits per heavy atom. The molecule has 0 bridgehead atoms. The van der Waals surface area contributed by atoms with Crippen molar-refractivity contribution in [1.29, 1.82) is 0 Å². The molecule has 0 spiro atoms. The highest BCUT2D eigenvalue weighted by Gasteiger charge is 2.25. The summed E-state index contributed by atoms with van der Waals surface area (Å²) in [5.41, 5.74) is 1.10. The minimum Gasteiger partial charge on any atom is -0.379 e. The molecular formula is C26H29N7O4S. The molecule has 2 fully saturated rings. The van der Waals surface area contributed by atoms with Crippen LogP contribution in [-0.4, -0.2) is 102 Å². The molecule has 1 aromatic carbocycles. The van der Waals surface area contributed by atoms with E-state index in [9.17, 15) is 14.4 Å². The van der Waals surface area contributed by atoms with Gasteiger partial charge in [0.1, 0.15) is 10.4 Å². The van der Waals surface area contributed by atoms with Gasteiger partial charge in [-0.2, -0.15) is 4.98 Å². The highest BCUT2D eigenvalue weighted by molar-refractivity contribution is 7.24. The Labute approximate surface area is 222 Å². The predicted octanol–water partition coefficient (Wildman–Crippen LogP) is 1.19. The summed E-state index contributed by atoms with van der Waals surface area (Å²) in [5, 5.41) is 3.26. The summed E-state index contributed by atoms with van der Waals surface area (Å²) in [6, 6.07) is 7.82. The van der Waals surface area contributed by atoms with Crippen molar-refractivity contribution < 1.29 is 14.3 Å². The van der Waals surface area contributed by atoms with Crippen LogP contribution in [0.25, 0.3) is 26.1 Å². The number of para-hydroxylation sites is 1. The minimum absolute atomic E-state index is 0.0536. The standard InChI is InChI=1S/C26H29N7O4S/c1-17(34)31-8-10-32(11-9-31)26-28-16-18-22(35)21(24(36)27-6-7-30-12-14-37-15-13-30)25-33(23(18)29-26)19-4-2-3-5-20(19)38-25/h2-5,16H,6-15H2,1H3,(H,27,36). The topological polar surface area (TPSA) is 112 Å². The summed E-state index contributed by atoms with van der Waals surface area (Å²) >= 11 is 1.41. The monoisotopic (exact) mass is 535 g/mol. The zero-order valence-electron chi connectivity index (χ0n) is 21.2. The highest BCUT2D eigenvalue weighted by Crippen LogP contribution is 2.31. The minimum atomic E-state index is -0.390. The van der Waals surface area contributed by atoms with Crippen LogP contribution in [-0.2, 0) is 9.53 Å². The van der Waals surface area contributed by atoms with Crippen molar-refractivity contribution in [3.05, 3.63) is 46.2 Å². The van der Waals surface area contributed by atoms with Gasteiger partial charge in [-0.1, -0.05) is 12.1 Å². The van der Waals surface area contributed by atoms with Crippen LogP contribution in [0.3, 0.4) is 0 Å². The third-order valence-corrected chi connectivity index (χ3v) is 8.37. The molecule has 3 aromatic heterocycles. The summed E-state index contributed by atoms with van der Waals surface area (Å²) in [5.74, 6) is 0.170. The molecule has 1 N–H and O–H groups in total. The number of nitrogens with zero attached hydrogens (tertiary/aromatic N) is 6. The third-order valence-electron chi connectivity index (χ3n) is 7.22. The number of carbonyl (C=O) groups is 2. The van der Waals surface area contributed by atoms with Gasteiger partial charge in [0.15, 0.2) is 5.65 Å². The molecule has 2 saturated heterocycles. The van der Waals surface area contributed by atoms with E-state index in [0.717, 1.165) is 23.3 Å². The van der Waals surface area contributed by atoms with Gasteiger partial charge in [0.25, 0.3) is 5.91 Å². The van der Waals surface area contributed by atoms with E-state index in [4.69, 9.17) is 9.72 Å². The van der Waals surface area contributed by atoms with Gasteiger partial charge in [-0.05, 0) is 12.1 Å². The van der Waals surface area contributed by atoms with E-state index < -0.39 is 5.91 Å². The Morgan fingerprint density at radius 3 is 2.61 bits per heavy atom. The van der Waals surface area contributed by atoms with Crippen LogP contribution < -0.4 is 15.6 Å². The Balaban J connectivity index is 1.39. The van der Waals surface area contributed by atoms with Crippen molar-refractivity contribution in [3.8, 4) is 0 Å². The lowest BCUT2D eigenvalue weighted by molar-refractivity contribution is -0.129. The van der Waals surface area contributed by atoms with E-state index in [2.05, 4.69) is 15.2 Å². The van der Waals surface area contributed by atoms with Gasteiger partial charge in [-0.3, -0.25) is 23.7 Å². The second-order valence-corrected chi connectivity index (χ2v) is 10.6. The van der Waals surface area contributed by atoms with Gasteiger partial charge in [0, 0.05) is 65.5 Å². The van der Waals surface area contributed by atoms with Gasteiger partial charge < -0.3 is 19.9 Å². The molecule has 4 aromatic rings. The lowest BCUT2D eigenvalue weighted by Crippen LogP contribution is -2.48. The number of ether oxygens (including phenoxy) is 1. The maximum absolute atomic E-state index is 13.7. The first kappa shape index (κ1) is 24.7. The lowest BCUT2D eigenvalue weighted by atomic mass is 10.2. The van der Waals surface area contributed by atoms with Crippen molar-refractivity contribution in [2.24, 2.45) is 0 Å². The third kappa shape index (κ3) is 4.48. The zero-order chi connectivity index (χ0) is 26.2. The quantitative estimate of drug-likeness (QED) is 0.406. The predicted molar refractivity (Wildman–Crippen MR) is 146 cm³/mol. The Kier molecular flexibility index (Phi) is 6.68. The van der Waals surface area contributed by atoms with Crippen LogP contribution in [0.15, 0.2) is 35.3 Å². The number of rotatable bonds is 5. The number of benzene rings is 1. The van der Waals surface area contributed by atoms with Crippen molar-refractivity contribution in [2.75, 3.05) is 70.5 Å². The van der Waals surface area contributed by atoms with E-state index in [1.165, 1.54) is 17.5 Å². The first-order chi connectivity index (χ1) is 18.5. The second kappa shape index (κ2) is 10.3. The number of hydrogen-bond acceptors (Lipinski definition) is 9. The van der Waals surface area contributed by atoms with Gasteiger partial charge >= 0.3 is 0 Å². The summed E-state index contributed by atoms with van der Waals surface area (Å²) in [6.45, 7) is 8.16. The van der Waals surface area contributed by atoms with Crippen molar-refractivity contribution in [3.63, 3.8) is 0 Å². The molecule has 2 amide bonds. The Hall–Kier alpha value is -3.61. The van der Waals surface area contributed by atoms with Crippen LogP contribution in [0, 0.1) is 0 Å². The summed E-state index contributed by atoms with van der Waals surface area (Å²) < 4.78 is 8.25. The second-order valence-electron chi connectivity index (χ2n) is 9.52. The van der Waals surface area contributed by atoms with Gasteiger partial charge in [0.2, 0.25) is 17.3 Å². The molecule has 11 nitrogen and oxygen atoms in total. The molecule has 12 heteroatoms. The number of pyridine rings is 1. The maximum atomic E-state index is 13.7. The van der Waals surface area contributed by atoms with E-state index in [1.54, 1.807) is 11.8 Å². The molecule has 0 aliphatic carbocycles. The largest absolute Gasteiger partial charge is 0.379 e. The highest BCUT2D eigenvalue weighted by atomic mass is 32.1. The number of carbonyl (C=O) groups excluding carboxylic acids is 2. The number of morpholine rings is 1. The summed E-state index contributed by atoms with van der Waals surface area (Å²) in [7, 11) is 0. The zero-order valence-corrected chi connectivity index (χ0v) is 22.0. The summed E-state index contributed by atoms with van der Waals surface area (Å²) in [4.78, 5) is 54.8. The number of amides is 2. The van der Waals surface area contributed by atoms with E-state index in [1.807, 2.05) is 33.6 Å². The molecule has 6 rings (SSSR count). The van der Waals surface area contributed by atoms with Crippen LogP contribution in [0.4, 0.5) is 5.95 Å². The maximum Gasteiger partial charge on any atom is 0.258 e. The number of fused-ring (bicyclic) bond motifs is 5. The fourth-order valence-electron chi connectivity index (χ4n) is 5.10. The molecular weight excluding hydrogens is 506 g/mol. The number of nitrogens with one attached hydrogen (secondary N) is 1. The fraction of sp³-hybridized carbons (Fsp3) is 0.423. The lowest BCUT2D eigenvalue weighted by Gasteiger charge is -2.34. The van der Waals surface area contributed by atoms with Crippen molar-refractivity contribution in [1.82, 2.24) is 29.5 Å². The molecule has 2 aliphatic rings. The number of thiazole rings is 1. The van der Waals surface area contributed by atoms with E-state index in [-0.39, 0.29) is 16.9 Å². The van der Waals surface area contributed by atoms with Gasteiger partial charge in [0.05, 0.1) is 28.8 Å². The molecule has 0 saturated carbocycles. The number of aromatic nitrogens is 3. The fourth-order valence-corrected chi connectivity index (χ4v) is 6.28. The Bertz CT molecular complexity index is 1590. The molecule has 0 radical (unpaired) electrons. The Morgan fingerprint density at radius 1 is 1.08 bits per heavy atom. The first-order valence-corrected chi connectivity index (χ1v) is 13.6. The number of piperazine rings is 1. The van der Waals surface area contributed by atoms with Crippen LogP contribution >= 0.6 is 11.3 Å². The average molecular weight is 536 g/mol. The van der Waals surface area contributed by atoms with Crippen molar-refractivity contribution >= 4 is 55.2 Å². The van der Waals surface area contributed by atoms with Crippen molar-refractivity contribution in [2.45, 2.75) is 6.92 Å². The molecule has 198 valence electrons. The number of anilines is 1.